The van der Waals surface area contributed by atoms with Crippen LogP contribution in [-0.2, 0) is 13.2 Å². The number of halogens is 1. The molecule has 4 aromatic carbocycles. The number of ether oxygens (including phenoxy) is 1. The van der Waals surface area contributed by atoms with Crippen molar-refractivity contribution in [1.82, 2.24) is 4.90 Å². The highest BCUT2D eigenvalue weighted by molar-refractivity contribution is 5.99. The molecule has 6 rings (SSSR count). The molecule has 0 unspecified atom stereocenters. The number of hydrogen-bond acceptors (Lipinski definition) is 4. The molecule has 0 saturated carbocycles. The van der Waals surface area contributed by atoms with E-state index >= 15 is 0 Å². The summed E-state index contributed by atoms with van der Waals surface area (Å²) in [4.78, 5) is 28.9. The Hall–Kier alpha value is -4.71. The minimum absolute atomic E-state index is 0.0133. The largest absolute Gasteiger partial charge is 0.489 e. The Morgan fingerprint density at radius 2 is 1.54 bits per heavy atom. The van der Waals surface area contributed by atoms with Gasteiger partial charge in [-0.15, -0.1) is 0 Å². The van der Waals surface area contributed by atoms with Crippen molar-refractivity contribution in [2.45, 2.75) is 19.2 Å². The smallest absolute Gasteiger partial charge is 0.291 e. The molecule has 6 heteroatoms. The highest BCUT2D eigenvalue weighted by Gasteiger charge is 2.42. The maximum atomic E-state index is 14.0. The van der Waals surface area contributed by atoms with Crippen LogP contribution in [0.15, 0.2) is 112 Å². The van der Waals surface area contributed by atoms with Crippen LogP contribution >= 0.6 is 0 Å². The first-order valence-corrected chi connectivity index (χ1v) is 12.0. The first-order valence-electron chi connectivity index (χ1n) is 12.0. The summed E-state index contributed by atoms with van der Waals surface area (Å²) in [5.74, 6) is -0.334. The van der Waals surface area contributed by atoms with Crippen LogP contribution in [0.3, 0.4) is 0 Å². The Kier molecular flexibility index (Phi) is 5.77. The summed E-state index contributed by atoms with van der Waals surface area (Å²) in [5, 5.41) is 0.106. The van der Waals surface area contributed by atoms with Gasteiger partial charge in [0.15, 0.2) is 5.43 Å². The summed E-state index contributed by atoms with van der Waals surface area (Å²) in [7, 11) is 0. The summed E-state index contributed by atoms with van der Waals surface area (Å²) in [6.07, 6.45) is 0. The van der Waals surface area contributed by atoms with Crippen LogP contribution in [0.4, 0.5) is 4.39 Å². The third-order valence-corrected chi connectivity index (χ3v) is 6.55. The Balaban J connectivity index is 1.45. The molecule has 0 bridgehead atoms. The van der Waals surface area contributed by atoms with Gasteiger partial charge in [0.05, 0.1) is 17.0 Å². The second-order valence-electron chi connectivity index (χ2n) is 8.98. The Morgan fingerprint density at radius 3 is 2.30 bits per heavy atom. The van der Waals surface area contributed by atoms with E-state index in [1.165, 1.54) is 12.1 Å². The lowest BCUT2D eigenvalue weighted by atomic mass is 9.98. The maximum Gasteiger partial charge on any atom is 0.291 e. The number of rotatable bonds is 6. The van der Waals surface area contributed by atoms with E-state index < -0.39 is 17.3 Å². The second kappa shape index (κ2) is 9.39. The van der Waals surface area contributed by atoms with Gasteiger partial charge in [0, 0.05) is 6.54 Å². The molecule has 1 atom stereocenters. The normalized spacial score (nSPS) is 14.7. The Morgan fingerprint density at radius 1 is 0.811 bits per heavy atom. The van der Waals surface area contributed by atoms with Crippen LogP contribution in [0.5, 0.6) is 5.75 Å². The predicted molar refractivity (Wildman–Crippen MR) is 138 cm³/mol. The fraction of sp³-hybridized carbons (Fsp3) is 0.0968. The van der Waals surface area contributed by atoms with Crippen LogP contribution in [0.2, 0.25) is 0 Å². The van der Waals surface area contributed by atoms with Crippen LogP contribution in [0.25, 0.3) is 11.0 Å². The van der Waals surface area contributed by atoms with Crippen molar-refractivity contribution in [3.63, 3.8) is 0 Å². The van der Waals surface area contributed by atoms with Gasteiger partial charge in [-0.25, -0.2) is 4.39 Å². The van der Waals surface area contributed by atoms with Gasteiger partial charge in [-0.3, -0.25) is 9.59 Å². The van der Waals surface area contributed by atoms with Gasteiger partial charge < -0.3 is 14.1 Å². The molecule has 0 N–H and O–H groups in total. The standard InChI is InChI=1S/C31H22FNO4/c32-23-14-15-26-25(17-23)29(34)27-28(33(31(35)30(27)37-26)18-20-8-3-1-4-9-20)22-12-7-13-24(16-22)36-19-21-10-5-2-6-11-21/h1-17,28H,18-19H2/t28-/m0/s1. The molecule has 5 aromatic rings. The van der Waals surface area contributed by atoms with Gasteiger partial charge in [-0.2, -0.15) is 0 Å². The molecular weight excluding hydrogens is 469 g/mol. The molecule has 37 heavy (non-hydrogen) atoms. The van der Waals surface area contributed by atoms with Crippen molar-refractivity contribution in [3.05, 3.63) is 147 Å². The molecule has 182 valence electrons. The molecule has 1 aliphatic rings. The molecule has 1 amide bonds. The summed E-state index contributed by atoms with van der Waals surface area (Å²) in [5.41, 5.74) is 2.61. The first kappa shape index (κ1) is 22.7. The third-order valence-electron chi connectivity index (χ3n) is 6.55. The number of amides is 1. The van der Waals surface area contributed by atoms with E-state index in [9.17, 15) is 14.0 Å². The quantitative estimate of drug-likeness (QED) is 0.281. The lowest BCUT2D eigenvalue weighted by Crippen LogP contribution is -2.29. The van der Waals surface area contributed by atoms with Crippen LogP contribution in [-0.4, -0.2) is 10.8 Å². The molecule has 0 spiro atoms. The van der Waals surface area contributed by atoms with E-state index in [1.54, 1.807) is 4.90 Å². The van der Waals surface area contributed by atoms with Crippen molar-refractivity contribution in [2.24, 2.45) is 0 Å². The molecule has 0 fully saturated rings. The van der Waals surface area contributed by atoms with Crippen molar-refractivity contribution < 1.29 is 18.3 Å². The van der Waals surface area contributed by atoms with Crippen LogP contribution in [0, 0.1) is 5.82 Å². The Labute approximate surface area is 212 Å². The summed E-state index contributed by atoms with van der Waals surface area (Å²) >= 11 is 0. The highest BCUT2D eigenvalue weighted by atomic mass is 19.1. The zero-order valence-electron chi connectivity index (χ0n) is 19.8. The van der Waals surface area contributed by atoms with E-state index in [4.69, 9.17) is 9.15 Å². The van der Waals surface area contributed by atoms with Gasteiger partial charge >= 0.3 is 0 Å². The maximum absolute atomic E-state index is 14.0. The highest BCUT2D eigenvalue weighted by Crippen LogP contribution is 2.40. The average Bonchev–Trinajstić information content (AvgIpc) is 3.20. The zero-order chi connectivity index (χ0) is 25.4. The molecule has 0 radical (unpaired) electrons. The predicted octanol–water partition coefficient (Wildman–Crippen LogP) is 6.26. The zero-order valence-corrected chi connectivity index (χ0v) is 19.8. The molecular formula is C31H22FNO4. The topological polar surface area (TPSA) is 59.8 Å². The fourth-order valence-electron chi connectivity index (χ4n) is 4.80. The van der Waals surface area contributed by atoms with Gasteiger partial charge in [0.25, 0.3) is 5.91 Å². The number of carbonyl (C=O) groups is 1. The summed E-state index contributed by atoms with van der Waals surface area (Å²) in [6.45, 7) is 0.651. The number of benzene rings is 4. The second-order valence-corrected chi connectivity index (χ2v) is 8.98. The fourth-order valence-corrected chi connectivity index (χ4v) is 4.80. The summed E-state index contributed by atoms with van der Waals surface area (Å²) < 4.78 is 26.0. The monoisotopic (exact) mass is 491 g/mol. The third kappa shape index (κ3) is 4.27. The lowest BCUT2D eigenvalue weighted by Gasteiger charge is -2.25. The van der Waals surface area contributed by atoms with E-state index in [0.29, 0.717) is 17.9 Å². The van der Waals surface area contributed by atoms with Gasteiger partial charge in [-0.1, -0.05) is 72.8 Å². The van der Waals surface area contributed by atoms with Crippen molar-refractivity contribution in [2.75, 3.05) is 0 Å². The number of hydrogen-bond donors (Lipinski definition) is 0. The minimum Gasteiger partial charge on any atom is -0.489 e. The van der Waals surface area contributed by atoms with E-state index in [0.717, 1.165) is 17.2 Å². The molecule has 2 heterocycles. The van der Waals surface area contributed by atoms with Gasteiger partial charge in [-0.05, 0) is 47.0 Å². The summed E-state index contributed by atoms with van der Waals surface area (Å²) in [6, 6.07) is 29.8. The molecule has 1 aliphatic heterocycles. The molecule has 0 aliphatic carbocycles. The van der Waals surface area contributed by atoms with E-state index in [2.05, 4.69) is 0 Å². The minimum atomic E-state index is -0.716. The van der Waals surface area contributed by atoms with Gasteiger partial charge in [0.2, 0.25) is 5.76 Å². The lowest BCUT2D eigenvalue weighted by molar-refractivity contribution is 0.0714. The van der Waals surface area contributed by atoms with E-state index in [1.807, 2.05) is 84.9 Å². The average molecular weight is 492 g/mol. The van der Waals surface area contributed by atoms with Crippen LogP contribution in [0.1, 0.15) is 38.9 Å². The number of carbonyl (C=O) groups excluding carboxylic acids is 1. The molecule has 5 nitrogen and oxygen atoms in total. The molecule has 1 aromatic heterocycles. The van der Waals surface area contributed by atoms with Crippen molar-refractivity contribution >= 4 is 16.9 Å². The van der Waals surface area contributed by atoms with Gasteiger partial charge in [0.1, 0.15) is 23.8 Å². The number of nitrogens with zero attached hydrogens (tertiary/aromatic N) is 1. The van der Waals surface area contributed by atoms with Crippen molar-refractivity contribution in [1.29, 1.82) is 0 Å². The van der Waals surface area contributed by atoms with Crippen LogP contribution < -0.4 is 10.2 Å². The SMILES string of the molecule is O=C1c2oc3ccc(F)cc3c(=O)c2[C@H](c2cccc(OCc3ccccc3)c2)N1Cc1ccccc1. The Bertz CT molecular complexity index is 1660. The van der Waals surface area contributed by atoms with E-state index in [-0.39, 0.29) is 34.7 Å². The molecule has 0 saturated heterocycles. The first-order chi connectivity index (χ1) is 18.1. The number of fused-ring (bicyclic) bond motifs is 2. The van der Waals surface area contributed by atoms with Crippen molar-refractivity contribution in [3.8, 4) is 5.75 Å².